The number of benzene rings is 3. The Hall–Kier alpha value is -4.32. The molecule has 176 valence electrons. The lowest BCUT2D eigenvalue weighted by atomic mass is 9.83. The number of fused-ring (bicyclic) bond motifs is 3. The molecular weight excluding hydrogens is 448 g/mol. The van der Waals surface area contributed by atoms with E-state index in [2.05, 4.69) is 32.3 Å². The third kappa shape index (κ3) is 3.57. The summed E-state index contributed by atoms with van der Waals surface area (Å²) in [6.07, 6.45) is 7.80. The molecule has 0 radical (unpaired) electrons. The van der Waals surface area contributed by atoms with Gasteiger partial charge >= 0.3 is 0 Å². The monoisotopic (exact) mass is 472 g/mol. The second-order valence-electron chi connectivity index (χ2n) is 9.43. The zero-order chi connectivity index (χ0) is 23.9. The van der Waals surface area contributed by atoms with Gasteiger partial charge in [-0.3, -0.25) is 0 Å². The summed E-state index contributed by atoms with van der Waals surface area (Å²) < 4.78 is 12.7. The van der Waals surface area contributed by atoms with Crippen molar-refractivity contribution in [2.75, 3.05) is 0 Å². The van der Waals surface area contributed by atoms with Gasteiger partial charge in [-0.25, -0.2) is 9.97 Å². The summed E-state index contributed by atoms with van der Waals surface area (Å²) in [6, 6.07) is 24.3. The highest BCUT2D eigenvalue weighted by atomic mass is 16.4. The van der Waals surface area contributed by atoms with E-state index in [0.29, 0.717) is 28.9 Å². The van der Waals surface area contributed by atoms with Crippen LogP contribution in [0, 0.1) is 0 Å². The minimum atomic E-state index is 0.449. The lowest BCUT2D eigenvalue weighted by molar-refractivity contribution is 0.444. The van der Waals surface area contributed by atoms with Crippen LogP contribution < -0.4 is 0 Å². The van der Waals surface area contributed by atoms with Crippen molar-refractivity contribution in [1.29, 1.82) is 0 Å². The zero-order valence-corrected chi connectivity index (χ0v) is 19.7. The first-order chi connectivity index (χ1) is 17.8. The number of hydrogen-bond acceptors (Lipinski definition) is 6. The second kappa shape index (κ2) is 8.72. The number of nitrogens with zero attached hydrogens (tertiary/aromatic N) is 4. The molecule has 0 bridgehead atoms. The van der Waals surface area contributed by atoms with Crippen LogP contribution in [0.25, 0.3) is 56.2 Å². The van der Waals surface area contributed by atoms with Crippen molar-refractivity contribution in [1.82, 2.24) is 20.2 Å². The number of furan rings is 1. The van der Waals surface area contributed by atoms with Gasteiger partial charge in [0.25, 0.3) is 5.89 Å². The van der Waals surface area contributed by atoms with Crippen LogP contribution in [0.2, 0.25) is 0 Å². The molecule has 0 N–H and O–H groups in total. The van der Waals surface area contributed by atoms with Crippen molar-refractivity contribution in [2.45, 2.75) is 38.0 Å². The Kier molecular flexibility index (Phi) is 5.09. The molecule has 0 atom stereocenters. The van der Waals surface area contributed by atoms with Crippen molar-refractivity contribution < 1.29 is 8.83 Å². The van der Waals surface area contributed by atoms with Gasteiger partial charge in [0.2, 0.25) is 5.89 Å². The Morgan fingerprint density at radius 3 is 2.17 bits per heavy atom. The van der Waals surface area contributed by atoms with E-state index in [0.717, 1.165) is 33.3 Å². The molecule has 3 heterocycles. The SMILES string of the molecule is c1ccc(-c2nnc(-c3cc(C4CCCCC4)cc4c3oc3c(-c5ccccc5)ncnc34)o2)cc1. The molecule has 1 aliphatic rings. The molecule has 0 spiro atoms. The number of aromatic nitrogens is 4. The predicted molar refractivity (Wildman–Crippen MR) is 139 cm³/mol. The fraction of sp³-hybridized carbons (Fsp3) is 0.200. The standard InChI is InChI=1S/C30H24N4O2/c1-4-10-19(11-5-1)22-16-23-26-28(25(31-18-32-26)20-12-6-2-7-13-20)35-27(23)24(17-22)30-34-33-29(36-30)21-14-8-3-9-15-21/h2-3,6-9,12-19H,1,4-5,10-11H2. The molecule has 0 aliphatic heterocycles. The first-order valence-electron chi connectivity index (χ1n) is 12.5. The molecule has 3 aromatic carbocycles. The van der Waals surface area contributed by atoms with Crippen LogP contribution in [0.1, 0.15) is 43.6 Å². The van der Waals surface area contributed by atoms with E-state index in [4.69, 9.17) is 8.83 Å². The van der Waals surface area contributed by atoms with Crippen molar-refractivity contribution in [3.63, 3.8) is 0 Å². The molecule has 36 heavy (non-hydrogen) atoms. The molecule has 6 aromatic rings. The maximum atomic E-state index is 6.53. The van der Waals surface area contributed by atoms with Crippen molar-refractivity contribution in [3.8, 4) is 34.2 Å². The first kappa shape index (κ1) is 21.0. The smallest absolute Gasteiger partial charge is 0.251 e. The Labute approximate surface area is 208 Å². The summed E-state index contributed by atoms with van der Waals surface area (Å²) in [5.41, 5.74) is 6.91. The maximum Gasteiger partial charge on any atom is 0.251 e. The van der Waals surface area contributed by atoms with Gasteiger partial charge in [-0.2, -0.15) is 0 Å². The van der Waals surface area contributed by atoms with Gasteiger partial charge in [-0.05, 0) is 48.6 Å². The molecular formula is C30H24N4O2. The third-order valence-electron chi connectivity index (χ3n) is 7.17. The molecule has 1 saturated carbocycles. The van der Waals surface area contributed by atoms with Crippen LogP contribution in [-0.2, 0) is 0 Å². The lowest BCUT2D eigenvalue weighted by Crippen LogP contribution is -2.04. The summed E-state index contributed by atoms with van der Waals surface area (Å²) in [5.74, 6) is 1.44. The van der Waals surface area contributed by atoms with Crippen molar-refractivity contribution in [3.05, 3.63) is 84.7 Å². The van der Waals surface area contributed by atoms with Gasteiger partial charge in [0.05, 0.1) is 5.56 Å². The van der Waals surface area contributed by atoms with Crippen LogP contribution >= 0.6 is 0 Å². The topological polar surface area (TPSA) is 77.8 Å². The Bertz CT molecular complexity index is 1670. The van der Waals surface area contributed by atoms with Gasteiger partial charge in [0.15, 0.2) is 5.58 Å². The van der Waals surface area contributed by atoms with Crippen LogP contribution in [0.4, 0.5) is 0 Å². The van der Waals surface area contributed by atoms with E-state index in [-0.39, 0.29) is 0 Å². The summed E-state index contributed by atoms with van der Waals surface area (Å²) in [5, 5.41) is 9.74. The summed E-state index contributed by atoms with van der Waals surface area (Å²) in [4.78, 5) is 9.23. The molecule has 6 heteroatoms. The van der Waals surface area contributed by atoms with E-state index < -0.39 is 0 Å². The molecule has 1 fully saturated rings. The van der Waals surface area contributed by atoms with E-state index in [1.54, 1.807) is 6.33 Å². The molecule has 0 saturated heterocycles. The Balaban J connectivity index is 1.46. The van der Waals surface area contributed by atoms with Gasteiger partial charge < -0.3 is 8.83 Å². The summed E-state index contributed by atoms with van der Waals surface area (Å²) >= 11 is 0. The maximum absolute atomic E-state index is 6.53. The Morgan fingerprint density at radius 2 is 1.39 bits per heavy atom. The fourth-order valence-corrected chi connectivity index (χ4v) is 5.36. The van der Waals surface area contributed by atoms with Crippen LogP contribution in [0.15, 0.2) is 88.0 Å². The molecule has 7 rings (SSSR count). The highest BCUT2D eigenvalue weighted by Gasteiger charge is 2.24. The molecule has 3 aromatic heterocycles. The normalized spacial score (nSPS) is 14.6. The van der Waals surface area contributed by atoms with E-state index >= 15 is 0 Å². The fourth-order valence-electron chi connectivity index (χ4n) is 5.36. The largest absolute Gasteiger partial charge is 0.451 e. The van der Waals surface area contributed by atoms with Gasteiger partial charge in [0, 0.05) is 16.5 Å². The van der Waals surface area contributed by atoms with Crippen LogP contribution in [-0.4, -0.2) is 20.2 Å². The average molecular weight is 473 g/mol. The first-order valence-corrected chi connectivity index (χ1v) is 12.5. The van der Waals surface area contributed by atoms with Gasteiger partial charge in [-0.1, -0.05) is 67.8 Å². The summed E-state index contributed by atoms with van der Waals surface area (Å²) in [7, 11) is 0. The van der Waals surface area contributed by atoms with Gasteiger partial charge in [-0.15, -0.1) is 10.2 Å². The zero-order valence-electron chi connectivity index (χ0n) is 19.7. The lowest BCUT2D eigenvalue weighted by Gasteiger charge is -2.22. The average Bonchev–Trinajstić information content (AvgIpc) is 3.59. The number of hydrogen-bond donors (Lipinski definition) is 0. The van der Waals surface area contributed by atoms with E-state index in [9.17, 15) is 0 Å². The highest BCUT2D eigenvalue weighted by molar-refractivity contribution is 6.10. The third-order valence-corrected chi connectivity index (χ3v) is 7.17. The van der Waals surface area contributed by atoms with E-state index in [1.165, 1.54) is 37.7 Å². The van der Waals surface area contributed by atoms with Gasteiger partial charge in [0.1, 0.15) is 23.1 Å². The molecule has 0 amide bonds. The predicted octanol–water partition coefficient (Wildman–Crippen LogP) is 7.81. The molecule has 0 unspecified atom stereocenters. The van der Waals surface area contributed by atoms with Crippen molar-refractivity contribution in [2.24, 2.45) is 0 Å². The summed E-state index contributed by atoms with van der Waals surface area (Å²) in [6.45, 7) is 0. The minimum Gasteiger partial charge on any atom is -0.451 e. The van der Waals surface area contributed by atoms with Crippen molar-refractivity contribution >= 4 is 22.1 Å². The molecule has 1 aliphatic carbocycles. The molecule has 6 nitrogen and oxygen atoms in total. The van der Waals surface area contributed by atoms with E-state index in [1.807, 2.05) is 60.7 Å². The second-order valence-corrected chi connectivity index (χ2v) is 9.43. The number of rotatable bonds is 4. The van der Waals surface area contributed by atoms with Crippen LogP contribution in [0.3, 0.4) is 0 Å². The minimum absolute atomic E-state index is 0.449. The quantitative estimate of drug-likeness (QED) is 0.260. The van der Waals surface area contributed by atoms with Crippen LogP contribution in [0.5, 0.6) is 0 Å². The highest BCUT2D eigenvalue weighted by Crippen LogP contribution is 2.42. The Morgan fingerprint density at radius 1 is 0.667 bits per heavy atom.